The van der Waals surface area contributed by atoms with Gasteiger partial charge >= 0.3 is 6.03 Å². The van der Waals surface area contributed by atoms with Crippen LogP contribution in [0, 0.1) is 6.92 Å². The Bertz CT molecular complexity index is 1410. The van der Waals surface area contributed by atoms with E-state index in [0.717, 1.165) is 16.0 Å². The van der Waals surface area contributed by atoms with Gasteiger partial charge in [-0.15, -0.1) is 0 Å². The Morgan fingerprint density at radius 2 is 1.67 bits per heavy atom. The number of imide groups is 2. The van der Waals surface area contributed by atoms with E-state index in [-0.39, 0.29) is 40.5 Å². The first kappa shape index (κ1) is 23.7. The van der Waals surface area contributed by atoms with Gasteiger partial charge in [-0.05, 0) is 48.4 Å². The molecule has 0 atom stereocenters. The number of nitrogens with zero attached hydrogens (tertiary/aromatic N) is 1. The van der Waals surface area contributed by atoms with Crippen LogP contribution in [0.25, 0.3) is 6.08 Å². The van der Waals surface area contributed by atoms with Crippen LogP contribution in [0.2, 0.25) is 10.0 Å². The van der Waals surface area contributed by atoms with Crippen LogP contribution in [0.15, 0.2) is 60.2 Å². The molecule has 2 aliphatic rings. The fraction of sp³-hybridized carbons (Fsp3) is 0.115. The molecule has 0 aliphatic carbocycles. The number of rotatable bonds is 5. The quantitative estimate of drug-likeness (QED) is 0.360. The maximum Gasteiger partial charge on any atom is 0.335 e. The van der Waals surface area contributed by atoms with Gasteiger partial charge in [-0.1, -0.05) is 53.0 Å². The Hall–Kier alpha value is -4.01. The zero-order chi connectivity index (χ0) is 25.4. The van der Waals surface area contributed by atoms with Gasteiger partial charge in [-0.2, -0.15) is 0 Å². The molecule has 0 saturated carbocycles. The summed E-state index contributed by atoms with van der Waals surface area (Å²) in [5.41, 5.74) is 2.40. The van der Waals surface area contributed by atoms with Crippen molar-refractivity contribution >= 4 is 52.8 Å². The first-order valence-electron chi connectivity index (χ1n) is 10.8. The second-order valence-corrected chi connectivity index (χ2v) is 8.90. The number of barbiturate groups is 1. The number of urea groups is 1. The van der Waals surface area contributed by atoms with Crippen molar-refractivity contribution in [2.75, 3.05) is 11.7 Å². The largest absolute Gasteiger partial charge is 0.486 e. The number of nitrogens with one attached hydrogen (secondary N) is 1. The summed E-state index contributed by atoms with van der Waals surface area (Å²) in [5.74, 6) is -0.499. The first-order chi connectivity index (χ1) is 17.3. The Balaban J connectivity index is 1.40. The van der Waals surface area contributed by atoms with Crippen LogP contribution in [0.1, 0.15) is 16.7 Å². The van der Waals surface area contributed by atoms with Gasteiger partial charge in [0.25, 0.3) is 11.8 Å². The lowest BCUT2D eigenvalue weighted by molar-refractivity contribution is -0.122. The number of hydrogen-bond acceptors (Lipinski definition) is 6. The highest BCUT2D eigenvalue weighted by atomic mass is 35.5. The molecular formula is C26H18Cl2N2O6. The molecule has 1 N–H and O–H groups in total. The molecule has 0 spiro atoms. The molecule has 3 aromatic rings. The van der Waals surface area contributed by atoms with E-state index in [0.29, 0.717) is 17.1 Å². The van der Waals surface area contributed by atoms with Crippen molar-refractivity contribution in [1.82, 2.24) is 5.32 Å². The molecule has 1 saturated heterocycles. The van der Waals surface area contributed by atoms with Crippen molar-refractivity contribution in [2.24, 2.45) is 0 Å². The van der Waals surface area contributed by atoms with Gasteiger partial charge in [0.15, 0.2) is 17.2 Å². The molecule has 4 amide bonds. The molecule has 182 valence electrons. The molecule has 2 aliphatic heterocycles. The zero-order valence-corrected chi connectivity index (χ0v) is 20.4. The minimum absolute atomic E-state index is 0.0365. The summed E-state index contributed by atoms with van der Waals surface area (Å²) in [7, 11) is 0. The van der Waals surface area contributed by atoms with Crippen LogP contribution in [0.5, 0.6) is 17.2 Å². The van der Waals surface area contributed by atoms with Crippen molar-refractivity contribution in [3.63, 3.8) is 0 Å². The third-order valence-electron chi connectivity index (χ3n) is 5.55. The van der Waals surface area contributed by atoms with E-state index in [4.69, 9.17) is 37.4 Å². The van der Waals surface area contributed by atoms with Crippen LogP contribution in [0.3, 0.4) is 0 Å². The van der Waals surface area contributed by atoms with Crippen LogP contribution in [-0.2, 0) is 16.2 Å². The van der Waals surface area contributed by atoms with Gasteiger partial charge in [0.05, 0.1) is 15.7 Å². The number of ether oxygens (including phenoxy) is 3. The van der Waals surface area contributed by atoms with Crippen molar-refractivity contribution < 1.29 is 28.6 Å². The highest BCUT2D eigenvalue weighted by molar-refractivity contribution is 6.40. The van der Waals surface area contributed by atoms with Crippen LogP contribution < -0.4 is 24.4 Å². The lowest BCUT2D eigenvalue weighted by Gasteiger charge is -2.26. The van der Waals surface area contributed by atoms with E-state index in [1.807, 2.05) is 31.2 Å². The monoisotopic (exact) mass is 524 g/mol. The third kappa shape index (κ3) is 4.60. The van der Waals surface area contributed by atoms with Crippen molar-refractivity contribution in [3.05, 3.63) is 86.9 Å². The van der Waals surface area contributed by atoms with Crippen LogP contribution in [-0.4, -0.2) is 24.6 Å². The highest BCUT2D eigenvalue weighted by Gasteiger charge is 2.37. The summed E-state index contributed by atoms with van der Waals surface area (Å²) in [6, 6.07) is 14.6. The van der Waals surface area contributed by atoms with Gasteiger partial charge in [0.2, 0.25) is 6.79 Å². The van der Waals surface area contributed by atoms with E-state index in [9.17, 15) is 14.4 Å². The van der Waals surface area contributed by atoms with Gasteiger partial charge < -0.3 is 14.2 Å². The molecule has 10 heteroatoms. The number of aryl methyl sites for hydroxylation is 1. The molecule has 3 aromatic carbocycles. The lowest BCUT2D eigenvalue weighted by Crippen LogP contribution is -2.54. The smallest absolute Gasteiger partial charge is 0.335 e. The molecule has 2 heterocycles. The summed E-state index contributed by atoms with van der Waals surface area (Å²) in [5, 5.41) is 2.58. The number of anilines is 1. The van der Waals surface area contributed by atoms with Crippen LogP contribution >= 0.6 is 23.2 Å². The minimum Gasteiger partial charge on any atom is -0.486 e. The van der Waals surface area contributed by atoms with E-state index in [1.165, 1.54) is 30.3 Å². The number of hydrogen-bond donors (Lipinski definition) is 1. The molecule has 5 rings (SSSR count). The maximum absolute atomic E-state index is 13.2. The predicted molar refractivity (Wildman–Crippen MR) is 134 cm³/mol. The lowest BCUT2D eigenvalue weighted by atomic mass is 10.1. The van der Waals surface area contributed by atoms with Gasteiger partial charge in [0, 0.05) is 6.07 Å². The Morgan fingerprint density at radius 3 is 2.39 bits per heavy atom. The number of fused-ring (bicyclic) bond motifs is 1. The summed E-state index contributed by atoms with van der Waals surface area (Å²) in [6.07, 6.45) is 1.31. The maximum atomic E-state index is 13.2. The van der Waals surface area contributed by atoms with E-state index < -0.39 is 17.8 Å². The molecule has 8 nitrogen and oxygen atoms in total. The Kier molecular flexibility index (Phi) is 6.30. The molecule has 1 fully saturated rings. The van der Waals surface area contributed by atoms with Crippen molar-refractivity contribution in [2.45, 2.75) is 13.5 Å². The first-order valence-corrected chi connectivity index (χ1v) is 11.5. The fourth-order valence-corrected chi connectivity index (χ4v) is 4.34. The number of amides is 4. The fourth-order valence-electron chi connectivity index (χ4n) is 3.72. The van der Waals surface area contributed by atoms with Crippen molar-refractivity contribution in [3.8, 4) is 17.2 Å². The second kappa shape index (κ2) is 9.56. The molecule has 0 bridgehead atoms. The summed E-state index contributed by atoms with van der Waals surface area (Å²) in [6.45, 7) is 2.29. The molecule has 0 aromatic heterocycles. The topological polar surface area (TPSA) is 94.2 Å². The molecule has 0 radical (unpaired) electrons. The van der Waals surface area contributed by atoms with E-state index in [2.05, 4.69) is 5.32 Å². The van der Waals surface area contributed by atoms with Crippen molar-refractivity contribution in [1.29, 1.82) is 0 Å². The third-order valence-corrected chi connectivity index (χ3v) is 6.11. The average molecular weight is 525 g/mol. The summed E-state index contributed by atoms with van der Waals surface area (Å²) in [4.78, 5) is 39.0. The van der Waals surface area contributed by atoms with E-state index >= 15 is 0 Å². The minimum atomic E-state index is -0.878. The molecule has 0 unspecified atom stereocenters. The van der Waals surface area contributed by atoms with Gasteiger partial charge in [-0.25, -0.2) is 9.69 Å². The second-order valence-electron chi connectivity index (χ2n) is 8.08. The number of benzene rings is 3. The zero-order valence-electron chi connectivity index (χ0n) is 18.8. The van der Waals surface area contributed by atoms with Gasteiger partial charge in [0.1, 0.15) is 12.2 Å². The highest BCUT2D eigenvalue weighted by Crippen LogP contribution is 2.38. The summed E-state index contributed by atoms with van der Waals surface area (Å²) < 4.78 is 16.4. The number of carbonyl (C=O) groups is 3. The standard InChI is InChI=1S/C26H18Cl2N2O6/c1-14-2-4-15(5-3-14)12-34-23-19(27)9-16(10-20(23)28)8-18-24(31)29-26(33)30(25(18)32)17-6-7-21-22(11-17)36-13-35-21/h2-11H,12-13H2,1H3,(H,29,31,33)/b18-8+. The normalized spacial score (nSPS) is 15.9. The number of halogens is 2. The number of carbonyl (C=O) groups excluding carboxylic acids is 3. The Morgan fingerprint density at radius 1 is 0.972 bits per heavy atom. The summed E-state index contributed by atoms with van der Waals surface area (Å²) >= 11 is 12.8. The van der Waals surface area contributed by atoms with Crippen LogP contribution in [0.4, 0.5) is 10.5 Å². The Labute approximate surface area is 216 Å². The molecule has 36 heavy (non-hydrogen) atoms. The molecular weight excluding hydrogens is 507 g/mol. The average Bonchev–Trinajstić information content (AvgIpc) is 3.30. The predicted octanol–water partition coefficient (Wildman–Crippen LogP) is 5.28. The van der Waals surface area contributed by atoms with Gasteiger partial charge in [-0.3, -0.25) is 14.9 Å². The van der Waals surface area contributed by atoms with E-state index in [1.54, 1.807) is 6.07 Å². The SMILES string of the molecule is Cc1ccc(COc2c(Cl)cc(/C=C3\C(=O)NC(=O)N(c4ccc5c(c4)OCO5)C3=O)cc2Cl)cc1.